The number of amides is 1. The summed E-state index contributed by atoms with van der Waals surface area (Å²) in [5.41, 5.74) is 2.82. The largest absolute Gasteiger partial charge is 0.322 e. The molecule has 0 atom stereocenters. The summed E-state index contributed by atoms with van der Waals surface area (Å²) < 4.78 is 1.81. The first kappa shape index (κ1) is 12.7. The van der Waals surface area contributed by atoms with Crippen LogP contribution in [-0.4, -0.2) is 15.3 Å². The fraction of sp³-hybridized carbons (Fsp3) is 0.0667. The quantitative estimate of drug-likeness (QED) is 0.783. The van der Waals surface area contributed by atoms with Crippen LogP contribution < -0.4 is 5.32 Å². The van der Waals surface area contributed by atoms with Crippen LogP contribution in [0.1, 0.15) is 15.9 Å². The molecule has 5 heteroatoms. The fourth-order valence-electron chi connectivity index (χ4n) is 2.04. The van der Waals surface area contributed by atoms with Crippen molar-refractivity contribution in [2.75, 3.05) is 5.32 Å². The van der Waals surface area contributed by atoms with E-state index in [0.717, 1.165) is 5.56 Å². The maximum Gasteiger partial charge on any atom is 0.259 e. The topological polar surface area (TPSA) is 46.4 Å². The monoisotopic (exact) mass is 285 g/mol. The minimum atomic E-state index is -0.202. The standard InChI is InChI=1S/C15H12ClN3O/c1-10-4-5-11(16)9-13(10)18-15(20)12-3-2-7-19-8-6-17-14(12)19/h2-9H,1H3,(H,18,20). The van der Waals surface area contributed by atoms with E-state index < -0.39 is 0 Å². The highest BCUT2D eigenvalue weighted by Crippen LogP contribution is 2.21. The summed E-state index contributed by atoms with van der Waals surface area (Å²) in [6.07, 6.45) is 5.32. The van der Waals surface area contributed by atoms with Gasteiger partial charge in [0.25, 0.3) is 5.91 Å². The van der Waals surface area contributed by atoms with Crippen LogP contribution in [0.2, 0.25) is 5.02 Å². The number of fused-ring (bicyclic) bond motifs is 1. The van der Waals surface area contributed by atoms with Crippen LogP contribution in [0.4, 0.5) is 5.69 Å². The molecule has 100 valence electrons. The molecule has 4 nitrogen and oxygen atoms in total. The van der Waals surface area contributed by atoms with Crippen LogP contribution in [0.15, 0.2) is 48.9 Å². The van der Waals surface area contributed by atoms with Gasteiger partial charge in [0.2, 0.25) is 0 Å². The number of anilines is 1. The van der Waals surface area contributed by atoms with E-state index in [4.69, 9.17) is 11.6 Å². The van der Waals surface area contributed by atoms with Gasteiger partial charge in [-0.25, -0.2) is 4.98 Å². The van der Waals surface area contributed by atoms with E-state index in [2.05, 4.69) is 10.3 Å². The zero-order valence-corrected chi connectivity index (χ0v) is 11.6. The Morgan fingerprint density at radius 3 is 3.00 bits per heavy atom. The highest BCUT2D eigenvalue weighted by atomic mass is 35.5. The minimum Gasteiger partial charge on any atom is -0.322 e. The van der Waals surface area contributed by atoms with Gasteiger partial charge in [-0.05, 0) is 36.8 Å². The predicted molar refractivity (Wildman–Crippen MR) is 79.3 cm³/mol. The van der Waals surface area contributed by atoms with Gasteiger partial charge in [-0.2, -0.15) is 0 Å². The van der Waals surface area contributed by atoms with Gasteiger partial charge in [-0.1, -0.05) is 17.7 Å². The molecular formula is C15H12ClN3O. The van der Waals surface area contributed by atoms with Gasteiger partial charge in [0.15, 0.2) is 0 Å². The number of halogens is 1. The number of hydrogen-bond acceptors (Lipinski definition) is 2. The van der Waals surface area contributed by atoms with Gasteiger partial charge in [0.1, 0.15) is 5.65 Å². The van der Waals surface area contributed by atoms with Gasteiger partial charge in [0, 0.05) is 29.3 Å². The molecule has 2 heterocycles. The van der Waals surface area contributed by atoms with E-state index in [1.165, 1.54) is 0 Å². The molecule has 0 radical (unpaired) electrons. The summed E-state index contributed by atoms with van der Waals surface area (Å²) in [7, 11) is 0. The summed E-state index contributed by atoms with van der Waals surface area (Å²) >= 11 is 5.96. The second kappa shape index (κ2) is 4.98. The van der Waals surface area contributed by atoms with Crippen molar-refractivity contribution < 1.29 is 4.79 Å². The lowest BCUT2D eigenvalue weighted by Gasteiger charge is -2.09. The number of benzene rings is 1. The molecule has 0 saturated carbocycles. The van der Waals surface area contributed by atoms with Crippen LogP contribution in [0.25, 0.3) is 5.65 Å². The fourth-order valence-corrected chi connectivity index (χ4v) is 2.22. The van der Waals surface area contributed by atoms with E-state index >= 15 is 0 Å². The Bertz CT molecular complexity index is 795. The van der Waals surface area contributed by atoms with Crippen molar-refractivity contribution >= 4 is 28.8 Å². The highest BCUT2D eigenvalue weighted by molar-refractivity contribution is 6.31. The molecule has 1 N–H and O–H groups in total. The Morgan fingerprint density at radius 2 is 2.15 bits per heavy atom. The number of aromatic nitrogens is 2. The molecule has 3 rings (SSSR count). The summed E-state index contributed by atoms with van der Waals surface area (Å²) in [6, 6.07) is 8.96. The molecule has 0 aliphatic rings. The number of aryl methyl sites for hydroxylation is 1. The lowest BCUT2D eigenvalue weighted by molar-refractivity contribution is 0.102. The van der Waals surface area contributed by atoms with Crippen LogP contribution in [0.3, 0.4) is 0 Å². The Kier molecular flexibility index (Phi) is 3.16. The molecule has 20 heavy (non-hydrogen) atoms. The predicted octanol–water partition coefficient (Wildman–Crippen LogP) is 3.55. The van der Waals surface area contributed by atoms with Crippen molar-refractivity contribution in [3.63, 3.8) is 0 Å². The van der Waals surface area contributed by atoms with Gasteiger partial charge in [0.05, 0.1) is 5.56 Å². The molecule has 0 bridgehead atoms. The molecule has 3 aromatic rings. The zero-order valence-electron chi connectivity index (χ0n) is 10.8. The Labute approximate surface area is 121 Å². The van der Waals surface area contributed by atoms with Crippen molar-refractivity contribution in [1.82, 2.24) is 9.38 Å². The van der Waals surface area contributed by atoms with Crippen molar-refractivity contribution in [3.8, 4) is 0 Å². The summed E-state index contributed by atoms with van der Waals surface area (Å²) in [6.45, 7) is 1.92. The number of carbonyl (C=O) groups is 1. The Hall–Kier alpha value is -2.33. The van der Waals surface area contributed by atoms with Crippen LogP contribution in [0, 0.1) is 6.92 Å². The maximum absolute atomic E-state index is 12.4. The SMILES string of the molecule is Cc1ccc(Cl)cc1NC(=O)c1cccn2ccnc12. The molecule has 1 aromatic carbocycles. The Morgan fingerprint density at radius 1 is 1.30 bits per heavy atom. The minimum absolute atomic E-state index is 0.202. The molecule has 2 aromatic heterocycles. The third kappa shape index (κ3) is 2.26. The molecule has 0 unspecified atom stereocenters. The molecule has 0 fully saturated rings. The molecular weight excluding hydrogens is 274 g/mol. The number of nitrogens with zero attached hydrogens (tertiary/aromatic N) is 2. The third-order valence-electron chi connectivity index (χ3n) is 3.11. The number of hydrogen-bond donors (Lipinski definition) is 1. The maximum atomic E-state index is 12.4. The van der Waals surface area contributed by atoms with Gasteiger partial charge in [-0.3, -0.25) is 4.79 Å². The number of carbonyl (C=O) groups excluding carboxylic acids is 1. The first-order valence-electron chi connectivity index (χ1n) is 6.14. The Balaban J connectivity index is 1.97. The van der Waals surface area contributed by atoms with Crippen molar-refractivity contribution in [1.29, 1.82) is 0 Å². The molecule has 0 aliphatic heterocycles. The van der Waals surface area contributed by atoms with Gasteiger partial charge < -0.3 is 9.72 Å². The second-order valence-electron chi connectivity index (χ2n) is 4.49. The normalized spacial score (nSPS) is 10.7. The van der Waals surface area contributed by atoms with Crippen molar-refractivity contribution in [2.45, 2.75) is 6.92 Å². The van der Waals surface area contributed by atoms with E-state index in [1.54, 1.807) is 35.0 Å². The van der Waals surface area contributed by atoms with Gasteiger partial charge >= 0.3 is 0 Å². The first-order chi connectivity index (χ1) is 9.65. The van der Waals surface area contributed by atoms with E-state index in [-0.39, 0.29) is 5.91 Å². The summed E-state index contributed by atoms with van der Waals surface area (Å²) in [5.74, 6) is -0.202. The number of imidazole rings is 1. The van der Waals surface area contributed by atoms with E-state index in [1.807, 2.05) is 25.3 Å². The van der Waals surface area contributed by atoms with Gasteiger partial charge in [-0.15, -0.1) is 0 Å². The third-order valence-corrected chi connectivity index (χ3v) is 3.35. The van der Waals surface area contributed by atoms with E-state index in [0.29, 0.717) is 21.9 Å². The molecule has 0 saturated heterocycles. The lowest BCUT2D eigenvalue weighted by atomic mass is 10.2. The average Bonchev–Trinajstić information content (AvgIpc) is 2.91. The van der Waals surface area contributed by atoms with Crippen LogP contribution in [0.5, 0.6) is 0 Å². The summed E-state index contributed by atoms with van der Waals surface area (Å²) in [4.78, 5) is 16.6. The zero-order chi connectivity index (χ0) is 14.1. The average molecular weight is 286 g/mol. The lowest BCUT2D eigenvalue weighted by Crippen LogP contribution is -2.14. The number of rotatable bonds is 2. The molecule has 0 aliphatic carbocycles. The summed E-state index contributed by atoms with van der Waals surface area (Å²) in [5, 5.41) is 3.46. The van der Waals surface area contributed by atoms with Crippen molar-refractivity contribution in [2.24, 2.45) is 0 Å². The molecule has 1 amide bonds. The smallest absolute Gasteiger partial charge is 0.259 e. The molecule has 0 spiro atoms. The number of nitrogens with one attached hydrogen (secondary N) is 1. The van der Waals surface area contributed by atoms with Crippen LogP contribution in [-0.2, 0) is 0 Å². The highest BCUT2D eigenvalue weighted by Gasteiger charge is 2.12. The second-order valence-corrected chi connectivity index (χ2v) is 4.93. The van der Waals surface area contributed by atoms with Crippen LogP contribution >= 0.6 is 11.6 Å². The first-order valence-corrected chi connectivity index (χ1v) is 6.52. The van der Waals surface area contributed by atoms with E-state index in [9.17, 15) is 4.79 Å². The number of pyridine rings is 1. The van der Waals surface area contributed by atoms with Crippen molar-refractivity contribution in [3.05, 3.63) is 65.1 Å².